The highest BCUT2D eigenvalue weighted by molar-refractivity contribution is 5.97. The quantitative estimate of drug-likeness (QED) is 0.831. The van der Waals surface area contributed by atoms with Crippen LogP contribution >= 0.6 is 0 Å². The number of hydrogen-bond donors (Lipinski definition) is 2. The molecule has 0 spiro atoms. The van der Waals surface area contributed by atoms with Crippen molar-refractivity contribution < 1.29 is 14.3 Å². The van der Waals surface area contributed by atoms with E-state index in [2.05, 4.69) is 10.9 Å². The lowest BCUT2D eigenvalue weighted by Gasteiger charge is -2.11. The number of rotatable bonds is 5. The number of nitrogens with one attached hydrogen (secondary N) is 2. The second-order valence-corrected chi connectivity index (χ2v) is 4.59. The van der Waals surface area contributed by atoms with Crippen molar-refractivity contribution in [2.75, 3.05) is 6.61 Å². The first kappa shape index (κ1) is 15.6. The third-order valence-electron chi connectivity index (χ3n) is 2.95. The summed E-state index contributed by atoms with van der Waals surface area (Å²) in [7, 11) is 0. The molecule has 0 saturated carbocycles. The fraction of sp³-hybridized carbons (Fsp3) is 0.176. The summed E-state index contributed by atoms with van der Waals surface area (Å²) >= 11 is 0. The number of para-hydroxylation sites is 1. The van der Waals surface area contributed by atoms with Gasteiger partial charge in [0.2, 0.25) is 5.91 Å². The van der Waals surface area contributed by atoms with Crippen LogP contribution in [0.25, 0.3) is 0 Å². The van der Waals surface area contributed by atoms with Gasteiger partial charge in [-0.25, -0.2) is 0 Å². The summed E-state index contributed by atoms with van der Waals surface area (Å²) in [5, 5.41) is 0. The van der Waals surface area contributed by atoms with Gasteiger partial charge < -0.3 is 4.74 Å². The summed E-state index contributed by atoms with van der Waals surface area (Å²) < 4.78 is 5.39. The molecule has 2 rings (SSSR count). The SMILES string of the molecule is CCOc1ccccc1C(=O)NNC(=O)Cc1ccccc1. The normalized spacial score (nSPS) is 9.86. The molecule has 2 amide bonds. The van der Waals surface area contributed by atoms with Crippen molar-refractivity contribution in [2.45, 2.75) is 13.3 Å². The molecule has 0 bridgehead atoms. The Hall–Kier alpha value is -2.82. The first-order chi connectivity index (χ1) is 10.7. The van der Waals surface area contributed by atoms with Crippen LogP contribution < -0.4 is 15.6 Å². The number of hydrogen-bond acceptors (Lipinski definition) is 3. The summed E-state index contributed by atoms with van der Waals surface area (Å²) in [4.78, 5) is 23.9. The maximum Gasteiger partial charge on any atom is 0.273 e. The zero-order valence-electron chi connectivity index (χ0n) is 12.3. The average molecular weight is 298 g/mol. The van der Waals surface area contributed by atoms with Crippen molar-refractivity contribution in [3.05, 3.63) is 65.7 Å². The van der Waals surface area contributed by atoms with Crippen molar-refractivity contribution in [1.82, 2.24) is 10.9 Å². The van der Waals surface area contributed by atoms with E-state index in [1.165, 1.54) is 0 Å². The maximum atomic E-state index is 12.1. The van der Waals surface area contributed by atoms with Gasteiger partial charge in [-0.15, -0.1) is 0 Å². The molecule has 0 radical (unpaired) electrons. The van der Waals surface area contributed by atoms with Gasteiger partial charge in [-0.3, -0.25) is 20.4 Å². The Morgan fingerprint density at radius 3 is 2.36 bits per heavy atom. The molecule has 5 heteroatoms. The maximum absolute atomic E-state index is 12.1. The summed E-state index contributed by atoms with van der Waals surface area (Å²) in [5.74, 6) is -0.210. The molecule has 0 unspecified atom stereocenters. The monoisotopic (exact) mass is 298 g/mol. The first-order valence-corrected chi connectivity index (χ1v) is 7.05. The van der Waals surface area contributed by atoms with Gasteiger partial charge in [0, 0.05) is 0 Å². The molecule has 2 aromatic rings. The molecule has 0 atom stereocenters. The van der Waals surface area contributed by atoms with E-state index in [0.717, 1.165) is 5.56 Å². The molecule has 2 N–H and O–H groups in total. The number of carbonyl (C=O) groups is 2. The second kappa shape index (κ2) is 7.83. The van der Waals surface area contributed by atoms with Gasteiger partial charge in [-0.2, -0.15) is 0 Å². The zero-order valence-corrected chi connectivity index (χ0v) is 12.3. The lowest BCUT2D eigenvalue weighted by Crippen LogP contribution is -2.42. The zero-order chi connectivity index (χ0) is 15.8. The second-order valence-electron chi connectivity index (χ2n) is 4.59. The van der Waals surface area contributed by atoms with E-state index in [-0.39, 0.29) is 12.3 Å². The average Bonchev–Trinajstić information content (AvgIpc) is 2.54. The molecule has 0 heterocycles. The largest absolute Gasteiger partial charge is 0.493 e. The van der Waals surface area contributed by atoms with Crippen molar-refractivity contribution in [3.8, 4) is 5.75 Å². The Balaban J connectivity index is 1.91. The van der Waals surface area contributed by atoms with Crippen LogP contribution in [0.1, 0.15) is 22.8 Å². The van der Waals surface area contributed by atoms with Gasteiger partial charge in [-0.05, 0) is 24.6 Å². The van der Waals surface area contributed by atoms with Gasteiger partial charge in [-0.1, -0.05) is 42.5 Å². The van der Waals surface area contributed by atoms with Gasteiger partial charge in [0.1, 0.15) is 5.75 Å². The van der Waals surface area contributed by atoms with Crippen molar-refractivity contribution in [2.24, 2.45) is 0 Å². The third kappa shape index (κ3) is 4.34. The first-order valence-electron chi connectivity index (χ1n) is 7.05. The molecule has 22 heavy (non-hydrogen) atoms. The highest BCUT2D eigenvalue weighted by Gasteiger charge is 2.12. The molecular weight excluding hydrogens is 280 g/mol. The molecular formula is C17H18N2O3. The van der Waals surface area contributed by atoms with Crippen LogP contribution in [0.3, 0.4) is 0 Å². The van der Waals surface area contributed by atoms with Crippen LogP contribution in [-0.2, 0) is 11.2 Å². The molecule has 0 aliphatic rings. The van der Waals surface area contributed by atoms with Gasteiger partial charge in [0.15, 0.2) is 0 Å². The van der Waals surface area contributed by atoms with Crippen LogP contribution in [0.15, 0.2) is 54.6 Å². The Morgan fingerprint density at radius 2 is 1.64 bits per heavy atom. The molecule has 0 fully saturated rings. The standard InChI is InChI=1S/C17H18N2O3/c1-2-22-15-11-7-6-10-14(15)17(21)19-18-16(20)12-13-8-4-3-5-9-13/h3-11H,2,12H2,1H3,(H,18,20)(H,19,21). The van der Waals surface area contributed by atoms with E-state index in [9.17, 15) is 9.59 Å². The molecule has 5 nitrogen and oxygen atoms in total. The van der Waals surface area contributed by atoms with E-state index in [0.29, 0.717) is 17.9 Å². The van der Waals surface area contributed by atoms with Crippen LogP contribution in [0.5, 0.6) is 5.75 Å². The van der Waals surface area contributed by atoms with E-state index in [1.807, 2.05) is 37.3 Å². The fourth-order valence-corrected chi connectivity index (χ4v) is 1.95. The number of carbonyl (C=O) groups excluding carboxylic acids is 2. The van der Waals surface area contributed by atoms with E-state index >= 15 is 0 Å². The van der Waals surface area contributed by atoms with Crippen molar-refractivity contribution in [1.29, 1.82) is 0 Å². The van der Waals surface area contributed by atoms with Crippen LogP contribution in [-0.4, -0.2) is 18.4 Å². The number of hydrazine groups is 1. The van der Waals surface area contributed by atoms with Crippen LogP contribution in [0.2, 0.25) is 0 Å². The summed E-state index contributed by atoms with van der Waals surface area (Å²) in [6.07, 6.45) is 0.203. The Labute approximate surface area is 129 Å². The number of ether oxygens (including phenoxy) is 1. The lowest BCUT2D eigenvalue weighted by molar-refractivity contribution is -0.121. The minimum absolute atomic E-state index is 0.203. The molecule has 0 aliphatic heterocycles. The van der Waals surface area contributed by atoms with Gasteiger partial charge in [0.05, 0.1) is 18.6 Å². The molecule has 114 valence electrons. The molecule has 0 saturated heterocycles. The highest BCUT2D eigenvalue weighted by atomic mass is 16.5. The Morgan fingerprint density at radius 1 is 0.955 bits per heavy atom. The number of benzene rings is 2. The Kier molecular flexibility index (Phi) is 5.54. The predicted molar refractivity (Wildman–Crippen MR) is 83.4 cm³/mol. The number of amides is 2. The molecule has 0 aliphatic carbocycles. The Bertz CT molecular complexity index is 641. The minimum atomic E-state index is -0.412. The van der Waals surface area contributed by atoms with E-state index in [4.69, 9.17) is 4.74 Å². The summed E-state index contributed by atoms with van der Waals surface area (Å²) in [6.45, 7) is 2.31. The summed E-state index contributed by atoms with van der Waals surface area (Å²) in [5.41, 5.74) is 6.06. The lowest BCUT2D eigenvalue weighted by atomic mass is 10.1. The minimum Gasteiger partial charge on any atom is -0.493 e. The molecule has 0 aromatic heterocycles. The van der Waals surface area contributed by atoms with E-state index < -0.39 is 5.91 Å². The predicted octanol–water partition coefficient (Wildman–Crippen LogP) is 2.09. The highest BCUT2D eigenvalue weighted by Crippen LogP contribution is 2.17. The molecule has 2 aromatic carbocycles. The van der Waals surface area contributed by atoms with Crippen LogP contribution in [0, 0.1) is 0 Å². The van der Waals surface area contributed by atoms with Gasteiger partial charge >= 0.3 is 0 Å². The fourth-order valence-electron chi connectivity index (χ4n) is 1.95. The van der Waals surface area contributed by atoms with E-state index in [1.54, 1.807) is 24.3 Å². The van der Waals surface area contributed by atoms with Crippen molar-refractivity contribution >= 4 is 11.8 Å². The third-order valence-corrected chi connectivity index (χ3v) is 2.95. The van der Waals surface area contributed by atoms with Gasteiger partial charge in [0.25, 0.3) is 5.91 Å². The summed E-state index contributed by atoms with van der Waals surface area (Å²) in [6, 6.07) is 16.2. The van der Waals surface area contributed by atoms with Crippen molar-refractivity contribution in [3.63, 3.8) is 0 Å². The smallest absolute Gasteiger partial charge is 0.273 e. The topological polar surface area (TPSA) is 67.4 Å². The van der Waals surface area contributed by atoms with Crippen LogP contribution in [0.4, 0.5) is 0 Å².